The number of aryl methyl sites for hydroxylation is 1. The first kappa shape index (κ1) is 12.9. The minimum Gasteiger partial charge on any atom is -0.350 e. The third-order valence-electron chi connectivity index (χ3n) is 4.16. The number of benzene rings is 2. The summed E-state index contributed by atoms with van der Waals surface area (Å²) in [6, 6.07) is 19.2. The highest BCUT2D eigenvalue weighted by molar-refractivity contribution is 5.85. The summed E-state index contributed by atoms with van der Waals surface area (Å²) >= 11 is 0. The molecule has 1 atom stereocenters. The standard InChI is InChI=1S/C19H17N3/c1-21-13-17(16-9-5-6-10-18(16)21)19(22-12-11-20-14-22)15-7-3-2-4-8-15/h2-14,19H,1H3. The maximum absolute atomic E-state index is 4.24. The number of fused-ring (bicyclic) bond motifs is 1. The topological polar surface area (TPSA) is 22.8 Å². The highest BCUT2D eigenvalue weighted by Crippen LogP contribution is 2.32. The van der Waals surface area contributed by atoms with E-state index in [4.69, 9.17) is 0 Å². The second kappa shape index (κ2) is 5.19. The van der Waals surface area contributed by atoms with Gasteiger partial charge >= 0.3 is 0 Å². The van der Waals surface area contributed by atoms with Gasteiger partial charge in [0.25, 0.3) is 0 Å². The number of nitrogens with zero attached hydrogens (tertiary/aromatic N) is 3. The minimum absolute atomic E-state index is 0.134. The van der Waals surface area contributed by atoms with Crippen molar-refractivity contribution in [2.75, 3.05) is 0 Å². The quantitative estimate of drug-likeness (QED) is 0.558. The number of para-hydroxylation sites is 1. The van der Waals surface area contributed by atoms with E-state index < -0.39 is 0 Å². The van der Waals surface area contributed by atoms with Crippen LogP contribution in [0.15, 0.2) is 79.5 Å². The maximum atomic E-state index is 4.24. The summed E-state index contributed by atoms with van der Waals surface area (Å²) < 4.78 is 4.36. The monoisotopic (exact) mass is 287 g/mol. The van der Waals surface area contributed by atoms with Crippen molar-refractivity contribution >= 4 is 10.9 Å². The summed E-state index contributed by atoms with van der Waals surface area (Å²) in [4.78, 5) is 4.24. The van der Waals surface area contributed by atoms with Gasteiger partial charge in [-0.05, 0) is 11.6 Å². The molecular formula is C19H17N3. The fraction of sp³-hybridized carbons (Fsp3) is 0.105. The Morgan fingerprint density at radius 1 is 0.955 bits per heavy atom. The summed E-state index contributed by atoms with van der Waals surface area (Å²) in [5.74, 6) is 0. The molecule has 22 heavy (non-hydrogen) atoms. The molecule has 108 valence electrons. The van der Waals surface area contributed by atoms with E-state index in [1.165, 1.54) is 22.0 Å². The van der Waals surface area contributed by atoms with Gasteiger partial charge in [0.1, 0.15) is 0 Å². The average Bonchev–Trinajstić information content (AvgIpc) is 3.19. The van der Waals surface area contributed by atoms with E-state index in [1.807, 2.05) is 18.7 Å². The molecule has 0 fully saturated rings. The average molecular weight is 287 g/mol. The molecule has 3 heteroatoms. The van der Waals surface area contributed by atoms with Crippen molar-refractivity contribution in [1.29, 1.82) is 0 Å². The number of rotatable bonds is 3. The van der Waals surface area contributed by atoms with E-state index in [-0.39, 0.29) is 6.04 Å². The number of aromatic nitrogens is 3. The van der Waals surface area contributed by atoms with Crippen LogP contribution in [0.5, 0.6) is 0 Å². The summed E-state index contributed by atoms with van der Waals surface area (Å²) in [5.41, 5.74) is 3.80. The van der Waals surface area contributed by atoms with E-state index in [0.29, 0.717) is 0 Å². The van der Waals surface area contributed by atoms with Crippen molar-refractivity contribution in [2.45, 2.75) is 6.04 Å². The zero-order chi connectivity index (χ0) is 14.9. The Hall–Kier alpha value is -2.81. The largest absolute Gasteiger partial charge is 0.350 e. The van der Waals surface area contributed by atoms with E-state index in [0.717, 1.165) is 0 Å². The van der Waals surface area contributed by atoms with Gasteiger partial charge in [-0.25, -0.2) is 4.98 Å². The maximum Gasteiger partial charge on any atom is 0.0954 e. The van der Waals surface area contributed by atoms with Gasteiger partial charge in [-0.1, -0.05) is 48.5 Å². The Morgan fingerprint density at radius 3 is 2.50 bits per heavy atom. The number of imidazole rings is 1. The van der Waals surface area contributed by atoms with Gasteiger partial charge < -0.3 is 9.13 Å². The molecule has 0 bridgehead atoms. The number of hydrogen-bond acceptors (Lipinski definition) is 1. The molecule has 3 nitrogen and oxygen atoms in total. The molecular weight excluding hydrogens is 270 g/mol. The first-order valence-corrected chi connectivity index (χ1v) is 7.41. The van der Waals surface area contributed by atoms with Crippen LogP contribution in [0.4, 0.5) is 0 Å². The van der Waals surface area contributed by atoms with E-state index >= 15 is 0 Å². The third-order valence-corrected chi connectivity index (χ3v) is 4.16. The van der Waals surface area contributed by atoms with Crippen molar-refractivity contribution in [3.05, 3.63) is 90.6 Å². The van der Waals surface area contributed by atoms with E-state index in [9.17, 15) is 0 Å². The summed E-state index contributed by atoms with van der Waals surface area (Å²) in [6.45, 7) is 0. The fourth-order valence-electron chi connectivity index (χ4n) is 3.16. The van der Waals surface area contributed by atoms with Crippen LogP contribution in [0.2, 0.25) is 0 Å². The van der Waals surface area contributed by atoms with Crippen molar-refractivity contribution in [3.8, 4) is 0 Å². The molecule has 0 N–H and O–H groups in total. The Bertz CT molecular complexity index is 889. The molecule has 0 amide bonds. The molecule has 2 aromatic heterocycles. The van der Waals surface area contributed by atoms with Gasteiger partial charge in [0, 0.05) is 42.1 Å². The van der Waals surface area contributed by atoms with Gasteiger partial charge in [0.05, 0.1) is 12.4 Å². The zero-order valence-electron chi connectivity index (χ0n) is 12.4. The molecule has 2 heterocycles. The lowest BCUT2D eigenvalue weighted by Crippen LogP contribution is -2.10. The van der Waals surface area contributed by atoms with Gasteiger partial charge in [-0.2, -0.15) is 0 Å². The lowest BCUT2D eigenvalue weighted by molar-refractivity contribution is 0.678. The molecule has 0 saturated heterocycles. The summed E-state index contributed by atoms with van der Waals surface area (Å²) in [7, 11) is 2.10. The molecule has 4 aromatic rings. The number of hydrogen-bond donors (Lipinski definition) is 0. The molecule has 0 radical (unpaired) electrons. The van der Waals surface area contributed by atoms with Crippen molar-refractivity contribution in [3.63, 3.8) is 0 Å². The van der Waals surface area contributed by atoms with E-state index in [2.05, 4.69) is 82.0 Å². The Labute approximate surface area is 129 Å². The van der Waals surface area contributed by atoms with E-state index in [1.54, 1.807) is 0 Å². The van der Waals surface area contributed by atoms with Crippen LogP contribution in [-0.2, 0) is 7.05 Å². The molecule has 0 aliphatic heterocycles. The van der Waals surface area contributed by atoms with Crippen LogP contribution in [0.25, 0.3) is 10.9 Å². The first-order valence-electron chi connectivity index (χ1n) is 7.41. The molecule has 0 aliphatic carbocycles. The third kappa shape index (κ3) is 2.02. The minimum atomic E-state index is 0.134. The molecule has 0 aliphatic rings. The second-order valence-corrected chi connectivity index (χ2v) is 5.54. The normalized spacial score (nSPS) is 12.6. The molecule has 0 spiro atoms. The second-order valence-electron chi connectivity index (χ2n) is 5.54. The predicted molar refractivity (Wildman–Crippen MR) is 88.8 cm³/mol. The van der Waals surface area contributed by atoms with Gasteiger partial charge in [-0.3, -0.25) is 0 Å². The van der Waals surface area contributed by atoms with Crippen LogP contribution in [0.1, 0.15) is 17.2 Å². The van der Waals surface area contributed by atoms with Crippen LogP contribution in [0.3, 0.4) is 0 Å². The first-order chi connectivity index (χ1) is 10.8. The molecule has 4 rings (SSSR count). The summed E-state index contributed by atoms with van der Waals surface area (Å²) in [6.07, 6.45) is 7.97. The Kier molecular flexibility index (Phi) is 3.04. The zero-order valence-corrected chi connectivity index (χ0v) is 12.4. The highest BCUT2D eigenvalue weighted by Gasteiger charge is 2.20. The van der Waals surface area contributed by atoms with Crippen molar-refractivity contribution in [1.82, 2.24) is 14.1 Å². The van der Waals surface area contributed by atoms with Crippen LogP contribution in [-0.4, -0.2) is 14.1 Å². The Morgan fingerprint density at radius 2 is 1.73 bits per heavy atom. The SMILES string of the molecule is Cn1cc(C(c2ccccc2)n2ccnc2)c2ccccc21. The van der Waals surface area contributed by atoms with Crippen molar-refractivity contribution in [2.24, 2.45) is 7.05 Å². The van der Waals surface area contributed by atoms with Crippen LogP contribution >= 0.6 is 0 Å². The summed E-state index contributed by atoms with van der Waals surface area (Å²) in [5, 5.41) is 1.28. The van der Waals surface area contributed by atoms with Crippen LogP contribution < -0.4 is 0 Å². The van der Waals surface area contributed by atoms with Crippen LogP contribution in [0, 0.1) is 0 Å². The smallest absolute Gasteiger partial charge is 0.0954 e. The fourth-order valence-corrected chi connectivity index (χ4v) is 3.16. The van der Waals surface area contributed by atoms with Crippen molar-refractivity contribution < 1.29 is 0 Å². The lowest BCUT2D eigenvalue weighted by atomic mass is 9.98. The molecule has 2 aromatic carbocycles. The van der Waals surface area contributed by atoms with Gasteiger partial charge in [0.15, 0.2) is 0 Å². The van der Waals surface area contributed by atoms with Gasteiger partial charge in [-0.15, -0.1) is 0 Å². The Balaban J connectivity index is 1.98. The highest BCUT2D eigenvalue weighted by atomic mass is 15.1. The molecule has 1 unspecified atom stereocenters. The lowest BCUT2D eigenvalue weighted by Gasteiger charge is -2.18. The predicted octanol–water partition coefficient (Wildman–Crippen LogP) is 4.01. The van der Waals surface area contributed by atoms with Gasteiger partial charge in [0.2, 0.25) is 0 Å². The molecule has 0 saturated carbocycles.